The third kappa shape index (κ3) is 2.50. The van der Waals surface area contributed by atoms with E-state index in [0.717, 1.165) is 11.0 Å². The average molecular weight is 297 g/mol. The summed E-state index contributed by atoms with van der Waals surface area (Å²) in [5.41, 5.74) is 1.47. The Kier molecular flexibility index (Phi) is 3.79. The quantitative estimate of drug-likeness (QED) is 0.900. The van der Waals surface area contributed by atoms with Crippen molar-refractivity contribution in [2.45, 2.75) is 38.3 Å². The van der Waals surface area contributed by atoms with E-state index < -0.39 is 0 Å². The second kappa shape index (κ2) is 4.99. The second-order valence-electron chi connectivity index (χ2n) is 5.27. The fraction of sp³-hybridized carbons (Fsp3) is 0.571. The Morgan fingerprint density at radius 2 is 2.18 bits per heavy atom. The van der Waals surface area contributed by atoms with Crippen molar-refractivity contribution >= 4 is 21.6 Å². The first-order valence-corrected chi connectivity index (χ1v) is 7.05. The minimum Gasteiger partial charge on any atom is -0.365 e. The van der Waals surface area contributed by atoms with E-state index in [1.807, 2.05) is 0 Å². The van der Waals surface area contributed by atoms with Crippen molar-refractivity contribution in [3.63, 3.8) is 0 Å². The lowest BCUT2D eigenvalue weighted by Crippen LogP contribution is -2.60. The zero-order valence-electron chi connectivity index (χ0n) is 10.8. The Hall–Kier alpha value is -0.540. The van der Waals surface area contributed by atoms with E-state index in [9.17, 15) is 0 Å². The van der Waals surface area contributed by atoms with E-state index in [1.54, 1.807) is 0 Å². The molecule has 1 aliphatic rings. The lowest BCUT2D eigenvalue weighted by molar-refractivity contribution is 0.275. The molecular weight excluding hydrogens is 276 g/mol. The lowest BCUT2D eigenvalue weighted by atomic mass is 9.84. The van der Waals surface area contributed by atoms with Crippen molar-refractivity contribution in [1.29, 1.82) is 0 Å². The smallest absolute Gasteiger partial charge is 0.0498 e. The standard InChI is InChI=1S/C14H21BrN2/c1-14(2)13(16-3)8-5-9-17(14)12-7-4-6-11(15)10-12/h4,6-7,10,13,16H,5,8-9H2,1-3H3. The normalized spacial score (nSPS) is 23.8. The van der Waals surface area contributed by atoms with Gasteiger partial charge < -0.3 is 10.2 Å². The van der Waals surface area contributed by atoms with E-state index in [0.29, 0.717) is 6.04 Å². The van der Waals surface area contributed by atoms with Crippen molar-refractivity contribution < 1.29 is 0 Å². The molecule has 2 nitrogen and oxygen atoms in total. The first-order chi connectivity index (χ1) is 8.05. The largest absolute Gasteiger partial charge is 0.365 e. The van der Waals surface area contributed by atoms with E-state index in [2.05, 4.69) is 71.3 Å². The predicted molar refractivity (Wildman–Crippen MR) is 77.6 cm³/mol. The molecule has 1 unspecified atom stereocenters. The van der Waals surface area contributed by atoms with Crippen molar-refractivity contribution in [3.05, 3.63) is 28.7 Å². The highest BCUT2D eigenvalue weighted by Gasteiger charge is 2.37. The number of likely N-dealkylation sites (N-methyl/N-ethyl adjacent to an activating group) is 1. The van der Waals surface area contributed by atoms with Crippen LogP contribution in [0, 0.1) is 0 Å². The molecule has 1 aromatic rings. The summed E-state index contributed by atoms with van der Waals surface area (Å²) >= 11 is 3.56. The predicted octanol–water partition coefficient (Wildman–Crippen LogP) is 3.42. The zero-order chi connectivity index (χ0) is 12.5. The Labute approximate surface area is 113 Å². The molecule has 0 aliphatic carbocycles. The first kappa shape index (κ1) is 12.9. The number of nitrogens with one attached hydrogen (secondary N) is 1. The van der Waals surface area contributed by atoms with Crippen LogP contribution in [0.25, 0.3) is 0 Å². The Morgan fingerprint density at radius 3 is 2.82 bits per heavy atom. The van der Waals surface area contributed by atoms with Gasteiger partial charge in [0.2, 0.25) is 0 Å². The molecule has 1 aliphatic heterocycles. The molecule has 17 heavy (non-hydrogen) atoms. The van der Waals surface area contributed by atoms with Crippen LogP contribution in [0.15, 0.2) is 28.7 Å². The molecule has 1 N–H and O–H groups in total. The van der Waals surface area contributed by atoms with Gasteiger partial charge in [-0.3, -0.25) is 0 Å². The summed E-state index contributed by atoms with van der Waals surface area (Å²) in [7, 11) is 2.07. The van der Waals surface area contributed by atoms with Crippen molar-refractivity contribution in [1.82, 2.24) is 5.32 Å². The van der Waals surface area contributed by atoms with Crippen LogP contribution in [0.2, 0.25) is 0 Å². The highest BCUT2D eigenvalue weighted by atomic mass is 79.9. The lowest BCUT2D eigenvalue weighted by Gasteiger charge is -2.49. The van der Waals surface area contributed by atoms with Gasteiger partial charge in [-0.15, -0.1) is 0 Å². The highest BCUT2D eigenvalue weighted by molar-refractivity contribution is 9.10. The van der Waals surface area contributed by atoms with Gasteiger partial charge in [0.05, 0.1) is 0 Å². The van der Waals surface area contributed by atoms with Gasteiger partial charge in [-0.1, -0.05) is 22.0 Å². The van der Waals surface area contributed by atoms with E-state index in [1.165, 1.54) is 18.5 Å². The summed E-state index contributed by atoms with van der Waals surface area (Å²) in [4.78, 5) is 2.52. The maximum atomic E-state index is 3.56. The number of piperidine rings is 1. The van der Waals surface area contributed by atoms with Gasteiger partial charge in [0.25, 0.3) is 0 Å². The van der Waals surface area contributed by atoms with Crippen LogP contribution in [-0.4, -0.2) is 25.2 Å². The topological polar surface area (TPSA) is 15.3 Å². The van der Waals surface area contributed by atoms with Crippen LogP contribution in [0.1, 0.15) is 26.7 Å². The number of hydrogen-bond donors (Lipinski definition) is 1. The molecule has 0 amide bonds. The number of halogens is 1. The molecule has 1 saturated heterocycles. The van der Waals surface area contributed by atoms with Crippen molar-refractivity contribution in [2.24, 2.45) is 0 Å². The van der Waals surface area contributed by atoms with Crippen molar-refractivity contribution in [2.75, 3.05) is 18.5 Å². The molecule has 0 bridgehead atoms. The molecule has 0 spiro atoms. The van der Waals surface area contributed by atoms with Crippen LogP contribution in [-0.2, 0) is 0 Å². The van der Waals surface area contributed by atoms with Gasteiger partial charge >= 0.3 is 0 Å². The molecule has 94 valence electrons. The fourth-order valence-electron chi connectivity index (χ4n) is 2.89. The van der Waals surface area contributed by atoms with Crippen LogP contribution < -0.4 is 10.2 Å². The summed E-state index contributed by atoms with van der Waals surface area (Å²) in [5, 5.41) is 3.46. The maximum absolute atomic E-state index is 3.56. The zero-order valence-corrected chi connectivity index (χ0v) is 12.4. The molecule has 1 aromatic carbocycles. The minimum absolute atomic E-state index is 0.161. The van der Waals surface area contributed by atoms with Crippen LogP contribution in [0.3, 0.4) is 0 Å². The van der Waals surface area contributed by atoms with Crippen LogP contribution >= 0.6 is 15.9 Å². The molecule has 1 fully saturated rings. The van der Waals surface area contributed by atoms with Gasteiger partial charge in [0, 0.05) is 28.3 Å². The van der Waals surface area contributed by atoms with E-state index in [4.69, 9.17) is 0 Å². The minimum atomic E-state index is 0.161. The van der Waals surface area contributed by atoms with Crippen molar-refractivity contribution in [3.8, 4) is 0 Å². The Balaban J connectivity index is 2.31. The number of benzene rings is 1. The molecule has 1 heterocycles. The number of hydrogen-bond acceptors (Lipinski definition) is 2. The van der Waals surface area contributed by atoms with Gasteiger partial charge in [-0.2, -0.15) is 0 Å². The van der Waals surface area contributed by atoms with E-state index in [-0.39, 0.29) is 5.54 Å². The summed E-state index contributed by atoms with van der Waals surface area (Å²) in [6.07, 6.45) is 2.51. The second-order valence-corrected chi connectivity index (χ2v) is 6.18. The first-order valence-electron chi connectivity index (χ1n) is 6.26. The Morgan fingerprint density at radius 1 is 1.41 bits per heavy atom. The van der Waals surface area contributed by atoms with E-state index >= 15 is 0 Å². The third-order valence-corrected chi connectivity index (χ3v) is 4.38. The molecule has 3 heteroatoms. The summed E-state index contributed by atoms with van der Waals surface area (Å²) in [6.45, 7) is 5.80. The molecule has 0 aromatic heterocycles. The van der Waals surface area contributed by atoms with Gasteiger partial charge in [0.1, 0.15) is 0 Å². The number of rotatable bonds is 2. The average Bonchev–Trinajstić information content (AvgIpc) is 2.28. The van der Waals surface area contributed by atoms with Gasteiger partial charge in [0.15, 0.2) is 0 Å². The monoisotopic (exact) mass is 296 g/mol. The summed E-state index contributed by atoms with van der Waals surface area (Å²) in [6, 6.07) is 9.15. The summed E-state index contributed by atoms with van der Waals surface area (Å²) in [5.74, 6) is 0. The maximum Gasteiger partial charge on any atom is 0.0498 e. The van der Waals surface area contributed by atoms with Crippen LogP contribution in [0.5, 0.6) is 0 Å². The molecule has 2 rings (SSSR count). The van der Waals surface area contributed by atoms with Gasteiger partial charge in [-0.05, 0) is 51.9 Å². The number of nitrogens with zero attached hydrogens (tertiary/aromatic N) is 1. The van der Waals surface area contributed by atoms with Crippen LogP contribution in [0.4, 0.5) is 5.69 Å². The SMILES string of the molecule is CNC1CCCN(c2cccc(Br)c2)C1(C)C. The summed E-state index contributed by atoms with van der Waals surface area (Å²) < 4.78 is 1.15. The highest BCUT2D eigenvalue weighted by Crippen LogP contribution is 2.33. The molecule has 1 atom stereocenters. The third-order valence-electron chi connectivity index (χ3n) is 3.89. The van der Waals surface area contributed by atoms with Gasteiger partial charge in [-0.25, -0.2) is 0 Å². The molecule has 0 radical (unpaired) electrons. The molecular formula is C14H21BrN2. The number of anilines is 1. The Bertz CT molecular complexity index is 390. The fourth-order valence-corrected chi connectivity index (χ4v) is 3.27. The molecule has 0 saturated carbocycles.